The van der Waals surface area contributed by atoms with Crippen LogP contribution in [-0.2, 0) is 0 Å². The number of benzene rings is 12. The standard InChI is InChI=1S/C76H60N2O2.C6H10/c1-5-17-49(18-6-1)51-33-41-57(42-34-51)77(69-31-15-29-63-61-27-13-25-59(73(61)79-75(63)69)53-21-9-3-10-22-53)67-47-39-55-38-46-66-68(48-40-56-37-45-65(67)71(55)72(56)66)78(58-43-35-52(36-44-58)50-19-7-2-8-20-50)70-32-16-30-64-62-28-14-26-60(74(62)80-76(64)70)54-23-11-4-12-24-54;1-3-5-6-4-2/h1-2,5-8,13-20,25-48,53-54H,3-4,9-12,21-24H2;3,5-6H,1,4H2,2H3/b;6-5-. The molecule has 4 heteroatoms. The minimum Gasteiger partial charge on any atom is -0.454 e. The topological polar surface area (TPSA) is 32.8 Å². The maximum atomic E-state index is 7.30. The lowest BCUT2D eigenvalue weighted by atomic mass is 9.83. The van der Waals surface area contributed by atoms with Crippen LogP contribution in [0.1, 0.15) is 101 Å². The SMILES string of the molecule is C=C/C=C\CC.c1ccc(-c2ccc(N(c3ccc4ccc5c(N(c6ccc(-c7ccccc7)cc6)c6cccc7c6oc6c(C8CCCCC8)cccc67)ccc6ccc3c4c65)c3cccc4c3oc3c(C5CCCCC5)cccc34)cc2)cc1. The molecule has 12 aromatic carbocycles. The fourth-order valence-corrected chi connectivity index (χ4v) is 14.6. The van der Waals surface area contributed by atoms with Crippen molar-refractivity contribution in [2.24, 2.45) is 0 Å². The Kier molecular flexibility index (Phi) is 14.3. The molecule has 2 heterocycles. The van der Waals surface area contributed by atoms with Gasteiger partial charge in [-0.25, -0.2) is 0 Å². The molecule has 0 aliphatic heterocycles. The van der Waals surface area contributed by atoms with E-state index in [4.69, 9.17) is 8.83 Å². The summed E-state index contributed by atoms with van der Waals surface area (Å²) in [6.07, 6.45) is 19.5. The molecule has 2 aliphatic carbocycles. The first-order valence-electron chi connectivity index (χ1n) is 31.4. The van der Waals surface area contributed by atoms with Crippen molar-refractivity contribution in [3.05, 3.63) is 266 Å². The van der Waals surface area contributed by atoms with Crippen molar-refractivity contribution in [1.82, 2.24) is 0 Å². The van der Waals surface area contributed by atoms with Crippen LogP contribution in [0.15, 0.2) is 264 Å². The highest BCUT2D eigenvalue weighted by atomic mass is 16.3. The monoisotopic (exact) mass is 1110 g/mol. The van der Waals surface area contributed by atoms with Gasteiger partial charge in [-0.3, -0.25) is 0 Å². The summed E-state index contributed by atoms with van der Waals surface area (Å²) in [4.78, 5) is 4.91. The van der Waals surface area contributed by atoms with E-state index < -0.39 is 0 Å². The third-order valence-corrected chi connectivity index (χ3v) is 18.7. The number of furan rings is 2. The molecule has 0 unspecified atom stereocenters. The summed E-state index contributed by atoms with van der Waals surface area (Å²) in [6.45, 7) is 5.61. The number of fused-ring (bicyclic) bond motifs is 6. The third-order valence-electron chi connectivity index (χ3n) is 18.7. The largest absolute Gasteiger partial charge is 0.454 e. The molecule has 0 saturated heterocycles. The quantitative estimate of drug-likeness (QED) is 0.0902. The molecule has 2 saturated carbocycles. The predicted molar refractivity (Wildman–Crippen MR) is 366 cm³/mol. The van der Waals surface area contributed by atoms with Crippen molar-refractivity contribution in [1.29, 1.82) is 0 Å². The average Bonchev–Trinajstić information content (AvgIpc) is 1.59. The zero-order valence-electron chi connectivity index (χ0n) is 49.0. The Balaban J connectivity index is 0.000000993. The molecule has 14 aromatic rings. The van der Waals surface area contributed by atoms with Gasteiger partial charge in [0, 0.05) is 43.7 Å². The molecule has 0 spiro atoms. The van der Waals surface area contributed by atoms with Crippen LogP contribution in [0, 0.1) is 0 Å². The third kappa shape index (κ3) is 9.49. The highest BCUT2D eigenvalue weighted by Crippen LogP contribution is 2.52. The van der Waals surface area contributed by atoms with E-state index in [2.05, 4.69) is 260 Å². The second-order valence-corrected chi connectivity index (χ2v) is 23.8. The molecule has 16 rings (SSSR count). The fourth-order valence-electron chi connectivity index (χ4n) is 14.6. The predicted octanol–water partition coefficient (Wildman–Crippen LogP) is 24.9. The Bertz CT molecular complexity index is 4470. The molecule has 4 nitrogen and oxygen atoms in total. The molecular weight excluding hydrogens is 1040 g/mol. The Morgan fingerprint density at radius 3 is 1.14 bits per heavy atom. The van der Waals surface area contributed by atoms with Gasteiger partial charge in [0.15, 0.2) is 11.2 Å². The van der Waals surface area contributed by atoms with E-state index in [-0.39, 0.29) is 0 Å². The van der Waals surface area contributed by atoms with E-state index in [1.54, 1.807) is 6.08 Å². The van der Waals surface area contributed by atoms with E-state index in [1.807, 2.05) is 6.08 Å². The highest BCUT2D eigenvalue weighted by Gasteiger charge is 2.29. The van der Waals surface area contributed by atoms with Crippen LogP contribution in [0.5, 0.6) is 0 Å². The Hall–Kier alpha value is -9.64. The Labute approximate surface area is 504 Å². The molecule has 2 aromatic heterocycles. The van der Waals surface area contributed by atoms with Crippen LogP contribution in [0.25, 0.3) is 98.4 Å². The number of hydrogen-bond donors (Lipinski definition) is 0. The summed E-state index contributed by atoms with van der Waals surface area (Å²) in [5, 5.41) is 11.9. The summed E-state index contributed by atoms with van der Waals surface area (Å²) in [5.74, 6) is 1.02. The van der Waals surface area contributed by atoms with Crippen molar-refractivity contribution < 1.29 is 8.83 Å². The molecule has 0 bridgehead atoms. The number of nitrogens with zero attached hydrogens (tertiary/aromatic N) is 2. The van der Waals surface area contributed by atoms with Crippen molar-refractivity contribution in [2.45, 2.75) is 89.4 Å². The van der Waals surface area contributed by atoms with Crippen molar-refractivity contribution in [3.63, 3.8) is 0 Å². The van der Waals surface area contributed by atoms with Crippen molar-refractivity contribution >= 4 is 110 Å². The summed E-state index contributed by atoms with van der Waals surface area (Å²) in [5.41, 5.74) is 17.7. The van der Waals surface area contributed by atoms with E-state index in [9.17, 15) is 0 Å². The van der Waals surface area contributed by atoms with Gasteiger partial charge >= 0.3 is 0 Å². The molecule has 0 radical (unpaired) electrons. The van der Waals surface area contributed by atoms with Gasteiger partial charge < -0.3 is 18.6 Å². The van der Waals surface area contributed by atoms with Gasteiger partial charge in [0.2, 0.25) is 0 Å². The van der Waals surface area contributed by atoms with Gasteiger partial charge in [0.05, 0.1) is 22.7 Å². The Morgan fingerprint density at radius 1 is 0.360 bits per heavy atom. The smallest absolute Gasteiger partial charge is 0.159 e. The molecule has 420 valence electrons. The van der Waals surface area contributed by atoms with Gasteiger partial charge in [0.25, 0.3) is 0 Å². The van der Waals surface area contributed by atoms with E-state index in [0.29, 0.717) is 11.8 Å². The molecule has 0 amide bonds. The first kappa shape index (κ1) is 53.1. The second kappa shape index (κ2) is 23.1. The number of rotatable bonds is 12. The van der Waals surface area contributed by atoms with Crippen LogP contribution in [-0.4, -0.2) is 0 Å². The lowest BCUT2D eigenvalue weighted by molar-refractivity contribution is 0.442. The van der Waals surface area contributed by atoms with Crippen LogP contribution in [0.2, 0.25) is 0 Å². The lowest BCUT2D eigenvalue weighted by Crippen LogP contribution is -2.12. The first-order chi connectivity index (χ1) is 42.6. The zero-order chi connectivity index (χ0) is 57.5. The number of para-hydroxylation sites is 4. The van der Waals surface area contributed by atoms with Crippen molar-refractivity contribution in [2.75, 3.05) is 9.80 Å². The molecule has 86 heavy (non-hydrogen) atoms. The number of hydrogen-bond acceptors (Lipinski definition) is 4. The van der Waals surface area contributed by atoms with Crippen molar-refractivity contribution in [3.8, 4) is 22.3 Å². The summed E-state index contributed by atoms with van der Waals surface area (Å²) >= 11 is 0. The van der Waals surface area contributed by atoms with Gasteiger partial charge in [0.1, 0.15) is 11.2 Å². The van der Waals surface area contributed by atoms with Crippen LogP contribution in [0.4, 0.5) is 34.1 Å². The maximum Gasteiger partial charge on any atom is 0.159 e. The van der Waals surface area contributed by atoms with E-state index in [0.717, 1.165) is 73.6 Å². The molecule has 0 N–H and O–H groups in total. The minimum absolute atomic E-state index is 0.510. The van der Waals surface area contributed by atoms with Gasteiger partial charge in [-0.15, -0.1) is 0 Å². The first-order valence-corrected chi connectivity index (χ1v) is 31.4. The van der Waals surface area contributed by atoms with E-state index in [1.165, 1.54) is 141 Å². The lowest BCUT2D eigenvalue weighted by Gasteiger charge is -2.29. The maximum absolute atomic E-state index is 7.30. The second-order valence-electron chi connectivity index (χ2n) is 23.8. The number of anilines is 6. The molecule has 2 aliphatic rings. The van der Waals surface area contributed by atoms with Gasteiger partial charge in [-0.05, 0) is 147 Å². The summed E-state index contributed by atoms with van der Waals surface area (Å²) in [6, 6.07) is 85.3. The highest BCUT2D eigenvalue weighted by molar-refractivity contribution is 6.29. The van der Waals surface area contributed by atoms with Crippen LogP contribution < -0.4 is 9.80 Å². The average molecular weight is 1120 g/mol. The summed E-state index contributed by atoms with van der Waals surface area (Å²) < 4.78 is 14.6. The molecule has 2 fully saturated rings. The Morgan fingerprint density at radius 2 is 0.744 bits per heavy atom. The van der Waals surface area contributed by atoms with E-state index >= 15 is 0 Å². The summed E-state index contributed by atoms with van der Waals surface area (Å²) in [7, 11) is 0. The normalized spacial score (nSPS) is 14.3. The minimum atomic E-state index is 0.510. The number of allylic oxidation sites excluding steroid dienone is 3. The van der Waals surface area contributed by atoms with Crippen LogP contribution >= 0.6 is 0 Å². The molecule has 0 atom stereocenters. The molecular formula is C82H70N2O2. The fraction of sp³-hybridized carbons (Fsp3) is 0.171. The zero-order valence-corrected chi connectivity index (χ0v) is 49.0. The van der Waals surface area contributed by atoms with Gasteiger partial charge in [-0.2, -0.15) is 0 Å². The van der Waals surface area contributed by atoms with Crippen LogP contribution in [0.3, 0.4) is 0 Å². The van der Waals surface area contributed by atoms with Gasteiger partial charge in [-0.1, -0.05) is 252 Å².